The number of ketones is 1. The van der Waals surface area contributed by atoms with Crippen LogP contribution in [0.1, 0.15) is 32.3 Å². The fraction of sp³-hybridized carbons (Fsp3) is 0.389. The Morgan fingerprint density at radius 3 is 2.48 bits per heavy atom. The summed E-state index contributed by atoms with van der Waals surface area (Å²) < 4.78 is 4.86. The van der Waals surface area contributed by atoms with Crippen LogP contribution in [0.2, 0.25) is 0 Å². The maximum absolute atomic E-state index is 12.7. The minimum atomic E-state index is -2.10. The molecule has 0 saturated heterocycles. The number of nitro benzene ring substituents is 1. The number of hydrogen-bond donors (Lipinski definition) is 1. The number of carbonyl (C=O) groups excluding carboxylic acids is 2. The fourth-order valence-corrected chi connectivity index (χ4v) is 3.31. The number of aliphatic hydroxyl groups excluding tert-OH is 1. The molecule has 1 aliphatic rings. The van der Waals surface area contributed by atoms with Crippen molar-refractivity contribution in [1.82, 2.24) is 0 Å². The molecule has 154 valence electrons. The number of Topliss-reactive ketones (excluding diaryl/α,β-unsaturated/α-hetero) is 1. The van der Waals surface area contributed by atoms with E-state index in [0.717, 1.165) is 0 Å². The first-order valence-electron chi connectivity index (χ1n) is 8.54. The van der Waals surface area contributed by atoms with Crippen LogP contribution in [0, 0.1) is 26.1 Å². The molecule has 1 aromatic rings. The van der Waals surface area contributed by atoms with Crippen molar-refractivity contribution in [2.45, 2.75) is 32.9 Å². The molecule has 3 unspecified atom stereocenters. The number of benzene rings is 1. The molecule has 0 spiro atoms. The Bertz CT molecular complexity index is 937. The SMILES string of the molecule is CC(=O)C1C(C)=NC(C)=C(C(=O)OCC(O)[N+](=O)[O-])C1c1cccc([N+](=O)[O-])c1. The largest absolute Gasteiger partial charge is 0.452 e. The van der Waals surface area contributed by atoms with E-state index >= 15 is 0 Å². The average Bonchev–Trinajstić information content (AvgIpc) is 2.64. The summed E-state index contributed by atoms with van der Waals surface area (Å²) in [4.78, 5) is 49.3. The molecule has 1 N–H and O–H groups in total. The highest BCUT2D eigenvalue weighted by molar-refractivity contribution is 6.08. The summed E-state index contributed by atoms with van der Waals surface area (Å²) in [7, 11) is 0. The summed E-state index contributed by atoms with van der Waals surface area (Å²) in [6, 6.07) is 5.50. The van der Waals surface area contributed by atoms with Crippen LogP contribution in [0.4, 0.5) is 5.69 Å². The van der Waals surface area contributed by atoms with Gasteiger partial charge in [0.05, 0.1) is 21.3 Å². The zero-order chi connectivity index (χ0) is 21.9. The number of hydrogen-bond acceptors (Lipinski definition) is 9. The summed E-state index contributed by atoms with van der Waals surface area (Å²) in [6.45, 7) is 3.54. The summed E-state index contributed by atoms with van der Waals surface area (Å²) in [5.74, 6) is -3.11. The molecule has 3 atom stereocenters. The minimum Gasteiger partial charge on any atom is -0.452 e. The number of nitro groups is 2. The van der Waals surface area contributed by atoms with E-state index in [4.69, 9.17) is 4.74 Å². The lowest BCUT2D eigenvalue weighted by molar-refractivity contribution is -0.572. The topological polar surface area (TPSA) is 162 Å². The van der Waals surface area contributed by atoms with Crippen molar-refractivity contribution in [2.24, 2.45) is 10.9 Å². The van der Waals surface area contributed by atoms with Crippen molar-refractivity contribution in [3.05, 3.63) is 61.3 Å². The van der Waals surface area contributed by atoms with Gasteiger partial charge in [-0.1, -0.05) is 12.1 Å². The molecular formula is C18H19N3O8. The molecule has 0 bridgehead atoms. The summed E-state index contributed by atoms with van der Waals surface area (Å²) >= 11 is 0. The highest BCUT2D eigenvalue weighted by Crippen LogP contribution is 2.40. The van der Waals surface area contributed by atoms with Crippen LogP contribution in [0.25, 0.3) is 0 Å². The number of nitrogens with zero attached hydrogens (tertiary/aromatic N) is 3. The van der Waals surface area contributed by atoms with E-state index in [2.05, 4.69) is 4.99 Å². The fourth-order valence-electron chi connectivity index (χ4n) is 3.31. The molecule has 2 rings (SSSR count). The van der Waals surface area contributed by atoms with Crippen LogP contribution >= 0.6 is 0 Å². The lowest BCUT2D eigenvalue weighted by Gasteiger charge is -2.31. The Balaban J connectivity index is 2.54. The third kappa shape index (κ3) is 4.69. The molecule has 11 nitrogen and oxygen atoms in total. The molecule has 0 aliphatic carbocycles. The predicted octanol–water partition coefficient (Wildman–Crippen LogP) is 1.77. The molecule has 29 heavy (non-hydrogen) atoms. The van der Waals surface area contributed by atoms with Crippen molar-refractivity contribution in [3.8, 4) is 0 Å². The van der Waals surface area contributed by atoms with Gasteiger partial charge in [-0.2, -0.15) is 0 Å². The smallest absolute Gasteiger partial charge is 0.347 e. The van der Waals surface area contributed by atoms with E-state index in [0.29, 0.717) is 11.3 Å². The van der Waals surface area contributed by atoms with Crippen LogP contribution in [-0.4, -0.2) is 45.3 Å². The zero-order valence-electron chi connectivity index (χ0n) is 15.9. The Morgan fingerprint density at radius 1 is 1.28 bits per heavy atom. The molecule has 0 amide bonds. The van der Waals surface area contributed by atoms with Gasteiger partial charge in [-0.05, 0) is 26.3 Å². The quantitative estimate of drug-likeness (QED) is 0.310. The molecule has 1 aromatic carbocycles. The molecular weight excluding hydrogens is 386 g/mol. The van der Waals surface area contributed by atoms with E-state index in [1.165, 1.54) is 32.0 Å². The van der Waals surface area contributed by atoms with Crippen LogP contribution in [-0.2, 0) is 14.3 Å². The lowest BCUT2D eigenvalue weighted by atomic mass is 9.74. The van der Waals surface area contributed by atoms with Crippen LogP contribution in [0.3, 0.4) is 0 Å². The maximum atomic E-state index is 12.7. The zero-order valence-corrected chi connectivity index (χ0v) is 15.9. The van der Waals surface area contributed by atoms with E-state index < -0.39 is 40.5 Å². The van der Waals surface area contributed by atoms with Gasteiger partial charge in [0.25, 0.3) is 5.69 Å². The number of rotatable bonds is 7. The van der Waals surface area contributed by atoms with Gasteiger partial charge >= 0.3 is 12.2 Å². The predicted molar refractivity (Wildman–Crippen MR) is 99.8 cm³/mol. The second-order valence-corrected chi connectivity index (χ2v) is 6.53. The molecule has 11 heteroatoms. The van der Waals surface area contributed by atoms with Gasteiger partial charge in [-0.15, -0.1) is 0 Å². The van der Waals surface area contributed by atoms with Crippen LogP contribution in [0.15, 0.2) is 40.5 Å². The Kier molecular flexibility index (Phi) is 6.54. The number of esters is 1. The monoisotopic (exact) mass is 405 g/mol. The first-order valence-corrected chi connectivity index (χ1v) is 8.54. The molecule has 0 fully saturated rings. The number of non-ortho nitro benzene ring substituents is 1. The third-order valence-electron chi connectivity index (χ3n) is 4.53. The van der Waals surface area contributed by atoms with Gasteiger partial charge in [0.1, 0.15) is 5.78 Å². The highest BCUT2D eigenvalue weighted by atomic mass is 16.7. The van der Waals surface area contributed by atoms with Crippen molar-refractivity contribution in [3.63, 3.8) is 0 Å². The normalized spacial score (nSPS) is 19.9. The summed E-state index contributed by atoms with van der Waals surface area (Å²) in [6.07, 6.45) is -2.10. The van der Waals surface area contributed by atoms with Crippen LogP contribution < -0.4 is 0 Å². The molecule has 0 aromatic heterocycles. The van der Waals surface area contributed by atoms with Crippen LogP contribution in [0.5, 0.6) is 0 Å². The maximum Gasteiger partial charge on any atom is 0.347 e. The van der Waals surface area contributed by atoms with Gasteiger partial charge in [-0.3, -0.25) is 30.0 Å². The van der Waals surface area contributed by atoms with Gasteiger partial charge in [-0.25, -0.2) is 4.79 Å². The van der Waals surface area contributed by atoms with E-state index in [9.17, 15) is 34.9 Å². The number of aliphatic imine (C=N–C) groups is 1. The molecule has 1 aliphatic heterocycles. The third-order valence-corrected chi connectivity index (χ3v) is 4.53. The van der Waals surface area contributed by atoms with E-state index in [1.807, 2.05) is 0 Å². The first kappa shape index (κ1) is 21.8. The molecule has 1 heterocycles. The lowest BCUT2D eigenvalue weighted by Crippen LogP contribution is -2.35. The molecule has 0 radical (unpaired) electrons. The van der Waals surface area contributed by atoms with Crippen molar-refractivity contribution in [2.75, 3.05) is 6.61 Å². The average molecular weight is 405 g/mol. The second-order valence-electron chi connectivity index (χ2n) is 6.53. The number of ether oxygens (including phenoxy) is 1. The number of carbonyl (C=O) groups is 2. The van der Waals surface area contributed by atoms with Gasteiger partial charge in [0, 0.05) is 29.5 Å². The standard InChI is InChI=1S/C18H19N3O8/c1-9-15(11(3)22)17(12-5-4-6-13(7-12)20(25)26)16(10(2)19-9)18(24)29-8-14(23)21(27)28/h4-7,14-15,17,23H,8H2,1-3H3. The van der Waals surface area contributed by atoms with Gasteiger partial charge in [0.2, 0.25) is 0 Å². The van der Waals surface area contributed by atoms with Gasteiger partial charge < -0.3 is 9.84 Å². The van der Waals surface area contributed by atoms with Crippen molar-refractivity contribution in [1.29, 1.82) is 0 Å². The minimum absolute atomic E-state index is 0.0492. The Hall–Kier alpha value is -3.47. The number of aliphatic hydroxyl groups is 1. The Morgan fingerprint density at radius 2 is 1.93 bits per heavy atom. The van der Waals surface area contributed by atoms with Crippen molar-refractivity contribution >= 4 is 23.2 Å². The van der Waals surface area contributed by atoms with E-state index in [-0.39, 0.29) is 22.7 Å². The Labute approximate surface area is 165 Å². The first-order chi connectivity index (χ1) is 13.5. The molecule has 0 saturated carbocycles. The van der Waals surface area contributed by atoms with Gasteiger partial charge in [0.15, 0.2) is 6.61 Å². The van der Waals surface area contributed by atoms with Crippen molar-refractivity contribution < 1.29 is 29.3 Å². The summed E-state index contributed by atoms with van der Waals surface area (Å²) in [5, 5.41) is 31.0. The van der Waals surface area contributed by atoms with E-state index in [1.54, 1.807) is 13.0 Å². The summed E-state index contributed by atoms with van der Waals surface area (Å²) in [5.41, 5.74) is 0.700. The number of allylic oxidation sites excluding steroid dienone is 1. The second kappa shape index (κ2) is 8.69. The highest BCUT2D eigenvalue weighted by Gasteiger charge is 2.40.